The smallest absolute Gasteiger partial charge is 0.303 e. The highest BCUT2D eigenvalue weighted by Crippen LogP contribution is 2.28. The van der Waals surface area contributed by atoms with E-state index in [1.807, 2.05) is 0 Å². The predicted molar refractivity (Wildman–Crippen MR) is 133 cm³/mol. The number of hydrogen-bond donors (Lipinski definition) is 1. The van der Waals surface area contributed by atoms with Crippen LogP contribution in [0.5, 0.6) is 0 Å². The Kier molecular flexibility index (Phi) is 22.3. The lowest BCUT2D eigenvalue weighted by Gasteiger charge is -2.24. The van der Waals surface area contributed by atoms with Crippen molar-refractivity contribution >= 4 is 5.97 Å². The molecule has 1 N–H and O–H groups in total. The summed E-state index contributed by atoms with van der Waals surface area (Å²) in [5.41, 5.74) is 0. The zero-order valence-corrected chi connectivity index (χ0v) is 20.8. The van der Waals surface area contributed by atoms with E-state index in [0.717, 1.165) is 18.8 Å². The molecule has 0 radical (unpaired) electrons. The normalized spacial score (nSPS) is 13.7. The summed E-state index contributed by atoms with van der Waals surface area (Å²) in [5.74, 6) is 0.791. The molecule has 2 heteroatoms. The van der Waals surface area contributed by atoms with Gasteiger partial charge in [0.2, 0.25) is 0 Å². The van der Waals surface area contributed by atoms with Gasteiger partial charge in [0, 0.05) is 6.42 Å². The number of unbranched alkanes of at least 4 members (excludes halogenated alkanes) is 12. The van der Waals surface area contributed by atoms with Crippen molar-refractivity contribution in [3.63, 3.8) is 0 Å². The molecule has 2 nitrogen and oxygen atoms in total. The molecule has 0 spiro atoms. The Hall–Kier alpha value is -0.790. The number of hydrogen-bond acceptors (Lipinski definition) is 1. The van der Waals surface area contributed by atoms with E-state index in [0.29, 0.717) is 12.3 Å². The first-order chi connectivity index (χ1) is 14.6. The maximum absolute atomic E-state index is 10.9. The van der Waals surface area contributed by atoms with Crippen LogP contribution in [0.3, 0.4) is 0 Å². The second-order valence-corrected chi connectivity index (χ2v) is 9.54. The number of carboxylic acid groups (broad SMARTS) is 1. The Morgan fingerprint density at radius 2 is 1.17 bits per heavy atom. The van der Waals surface area contributed by atoms with Crippen molar-refractivity contribution in [2.45, 2.75) is 149 Å². The minimum Gasteiger partial charge on any atom is -0.481 e. The van der Waals surface area contributed by atoms with Crippen molar-refractivity contribution in [2.24, 2.45) is 11.8 Å². The minimum atomic E-state index is -0.644. The molecule has 0 saturated carbocycles. The molecule has 178 valence electrons. The van der Waals surface area contributed by atoms with E-state index in [4.69, 9.17) is 5.11 Å². The SMILES string of the molecule is CCCCCCCCC=CCCCC(CCCC(=O)O)C(C)CCCCCCCC. The zero-order valence-electron chi connectivity index (χ0n) is 20.8. The summed E-state index contributed by atoms with van der Waals surface area (Å²) in [6.45, 7) is 6.95. The van der Waals surface area contributed by atoms with Crippen LogP contribution in [0.1, 0.15) is 149 Å². The highest BCUT2D eigenvalue weighted by molar-refractivity contribution is 5.66. The molecular weight excluding hydrogens is 368 g/mol. The quantitative estimate of drug-likeness (QED) is 0.131. The lowest BCUT2D eigenvalue weighted by Crippen LogP contribution is -2.13. The summed E-state index contributed by atoms with van der Waals surface area (Å²) in [4.78, 5) is 10.9. The third kappa shape index (κ3) is 20.5. The largest absolute Gasteiger partial charge is 0.481 e. The maximum Gasteiger partial charge on any atom is 0.303 e. The molecule has 0 aliphatic rings. The van der Waals surface area contributed by atoms with Gasteiger partial charge in [0.1, 0.15) is 0 Å². The Morgan fingerprint density at radius 1 is 0.667 bits per heavy atom. The Bertz CT molecular complexity index is 388. The van der Waals surface area contributed by atoms with Crippen molar-refractivity contribution in [3.05, 3.63) is 12.2 Å². The summed E-state index contributed by atoms with van der Waals surface area (Å²) >= 11 is 0. The molecule has 0 rings (SSSR count). The van der Waals surface area contributed by atoms with E-state index < -0.39 is 5.97 Å². The standard InChI is InChI=1S/C28H54O2/c1-4-6-8-10-12-13-14-15-16-18-20-23-27(24-21-25-28(29)30)26(3)22-19-17-11-9-7-5-2/h15-16,26-27H,4-14,17-25H2,1-3H3,(H,29,30). The van der Waals surface area contributed by atoms with Crippen molar-refractivity contribution in [2.75, 3.05) is 0 Å². The third-order valence-electron chi connectivity index (χ3n) is 6.62. The van der Waals surface area contributed by atoms with Crippen LogP contribution in [0.15, 0.2) is 12.2 Å². The molecule has 0 heterocycles. The topological polar surface area (TPSA) is 37.3 Å². The van der Waals surface area contributed by atoms with Crippen LogP contribution in [0.4, 0.5) is 0 Å². The van der Waals surface area contributed by atoms with Gasteiger partial charge in [0.15, 0.2) is 0 Å². The number of rotatable bonds is 23. The van der Waals surface area contributed by atoms with Crippen LogP contribution < -0.4 is 0 Å². The van der Waals surface area contributed by atoms with Crippen LogP contribution in [0, 0.1) is 11.8 Å². The van der Waals surface area contributed by atoms with E-state index in [2.05, 4.69) is 32.9 Å². The van der Waals surface area contributed by atoms with Gasteiger partial charge >= 0.3 is 5.97 Å². The summed E-state index contributed by atoms with van der Waals surface area (Å²) < 4.78 is 0. The van der Waals surface area contributed by atoms with Crippen molar-refractivity contribution < 1.29 is 9.90 Å². The summed E-state index contributed by atoms with van der Waals surface area (Å²) in [7, 11) is 0. The molecule has 0 aliphatic heterocycles. The molecule has 2 unspecified atom stereocenters. The Morgan fingerprint density at radius 3 is 1.77 bits per heavy atom. The third-order valence-corrected chi connectivity index (χ3v) is 6.62. The Labute approximate surface area is 189 Å². The minimum absolute atomic E-state index is 0.332. The highest BCUT2D eigenvalue weighted by atomic mass is 16.4. The number of aliphatic carboxylic acids is 1. The van der Waals surface area contributed by atoms with Crippen LogP contribution in [-0.2, 0) is 4.79 Å². The molecule has 0 aromatic rings. The van der Waals surface area contributed by atoms with Crippen LogP contribution in [0.2, 0.25) is 0 Å². The Balaban J connectivity index is 4.01. The fourth-order valence-electron chi connectivity index (χ4n) is 4.49. The van der Waals surface area contributed by atoms with E-state index in [-0.39, 0.29) is 0 Å². The van der Waals surface area contributed by atoms with Gasteiger partial charge < -0.3 is 5.11 Å². The summed E-state index contributed by atoms with van der Waals surface area (Å²) in [6, 6.07) is 0. The predicted octanol–water partition coefficient (Wildman–Crippen LogP) is 9.72. The average Bonchev–Trinajstić information content (AvgIpc) is 2.72. The second kappa shape index (κ2) is 22.9. The molecule has 2 atom stereocenters. The molecule has 0 fully saturated rings. The van der Waals surface area contributed by atoms with Gasteiger partial charge in [-0.25, -0.2) is 0 Å². The van der Waals surface area contributed by atoms with Gasteiger partial charge in [-0.1, -0.05) is 110 Å². The number of carboxylic acids is 1. The monoisotopic (exact) mass is 422 g/mol. The van der Waals surface area contributed by atoms with Crippen LogP contribution in [-0.4, -0.2) is 11.1 Å². The van der Waals surface area contributed by atoms with E-state index in [9.17, 15) is 4.79 Å². The van der Waals surface area contributed by atoms with Gasteiger partial charge in [0.25, 0.3) is 0 Å². The molecule has 0 aromatic carbocycles. The highest BCUT2D eigenvalue weighted by Gasteiger charge is 2.17. The molecule has 0 saturated heterocycles. The first-order valence-corrected chi connectivity index (χ1v) is 13.5. The number of allylic oxidation sites excluding steroid dienone is 2. The molecule has 0 amide bonds. The molecular formula is C28H54O2. The van der Waals surface area contributed by atoms with Crippen molar-refractivity contribution in [1.82, 2.24) is 0 Å². The van der Waals surface area contributed by atoms with Crippen molar-refractivity contribution in [1.29, 1.82) is 0 Å². The zero-order chi connectivity index (χ0) is 22.3. The lowest BCUT2D eigenvalue weighted by atomic mass is 9.82. The van der Waals surface area contributed by atoms with E-state index >= 15 is 0 Å². The van der Waals surface area contributed by atoms with Gasteiger partial charge in [-0.05, 0) is 56.8 Å². The fraction of sp³-hybridized carbons (Fsp3) is 0.893. The van der Waals surface area contributed by atoms with Crippen LogP contribution >= 0.6 is 0 Å². The fourth-order valence-corrected chi connectivity index (χ4v) is 4.49. The average molecular weight is 423 g/mol. The van der Waals surface area contributed by atoms with E-state index in [1.54, 1.807) is 0 Å². The summed E-state index contributed by atoms with van der Waals surface area (Å²) in [5, 5.41) is 8.98. The molecule has 0 aliphatic carbocycles. The molecule has 0 aromatic heterocycles. The van der Waals surface area contributed by atoms with Gasteiger partial charge in [-0.3, -0.25) is 4.79 Å². The van der Waals surface area contributed by atoms with Gasteiger partial charge in [-0.2, -0.15) is 0 Å². The van der Waals surface area contributed by atoms with Gasteiger partial charge in [0.05, 0.1) is 0 Å². The lowest BCUT2D eigenvalue weighted by molar-refractivity contribution is -0.137. The first kappa shape index (κ1) is 29.2. The van der Waals surface area contributed by atoms with Gasteiger partial charge in [-0.15, -0.1) is 0 Å². The maximum atomic E-state index is 10.9. The second-order valence-electron chi connectivity index (χ2n) is 9.54. The van der Waals surface area contributed by atoms with Crippen LogP contribution in [0.25, 0.3) is 0 Å². The molecule has 0 bridgehead atoms. The number of carbonyl (C=O) groups is 1. The van der Waals surface area contributed by atoms with Crippen molar-refractivity contribution in [3.8, 4) is 0 Å². The van der Waals surface area contributed by atoms with E-state index in [1.165, 1.54) is 109 Å². The summed E-state index contributed by atoms with van der Waals surface area (Å²) in [6.07, 6.45) is 29.7. The first-order valence-electron chi connectivity index (χ1n) is 13.5. The molecule has 30 heavy (non-hydrogen) atoms.